The number of benzene rings is 1. The van der Waals surface area contributed by atoms with Crippen LogP contribution in [-0.2, 0) is 0 Å². The molecule has 79 valence electrons. The van der Waals surface area contributed by atoms with Crippen LogP contribution < -0.4 is 11.1 Å². The summed E-state index contributed by atoms with van der Waals surface area (Å²) < 4.78 is 0. The van der Waals surface area contributed by atoms with Crippen LogP contribution in [0.1, 0.15) is 10.4 Å². The number of hydrogen-bond acceptors (Lipinski definition) is 4. The van der Waals surface area contributed by atoms with Crippen LogP contribution in [0.5, 0.6) is 0 Å². The minimum atomic E-state index is -0.265. The van der Waals surface area contributed by atoms with E-state index in [1.807, 2.05) is 6.07 Å². The molecule has 0 fully saturated rings. The van der Waals surface area contributed by atoms with E-state index in [2.05, 4.69) is 21.5 Å². The molecule has 5 heteroatoms. The molecule has 2 rings (SSSR count). The monoisotopic (exact) mass is 213 g/mol. The molecule has 1 radical (unpaired) electrons. The van der Waals surface area contributed by atoms with Crippen molar-refractivity contribution in [3.63, 3.8) is 0 Å². The molecule has 1 amide bonds. The van der Waals surface area contributed by atoms with E-state index in [0.717, 1.165) is 0 Å². The topological polar surface area (TPSA) is 80.9 Å². The smallest absolute Gasteiger partial charge is 0.258 e. The molecule has 1 heterocycles. The van der Waals surface area contributed by atoms with Crippen molar-refractivity contribution in [3.8, 4) is 0 Å². The Morgan fingerprint density at radius 2 is 2.06 bits per heavy atom. The van der Waals surface area contributed by atoms with Crippen molar-refractivity contribution in [1.82, 2.24) is 9.97 Å². The molecule has 0 bridgehead atoms. The minimum absolute atomic E-state index is 0.183. The molecule has 2 aromatic rings. The number of rotatable bonds is 2. The van der Waals surface area contributed by atoms with Crippen molar-refractivity contribution in [2.75, 3.05) is 11.1 Å². The van der Waals surface area contributed by atoms with E-state index < -0.39 is 0 Å². The third kappa shape index (κ3) is 2.33. The molecule has 0 aliphatic carbocycles. The summed E-state index contributed by atoms with van der Waals surface area (Å²) in [6.07, 6.45) is 3.89. The van der Waals surface area contributed by atoms with Crippen LogP contribution in [0.3, 0.4) is 0 Å². The van der Waals surface area contributed by atoms with Crippen molar-refractivity contribution in [2.45, 2.75) is 0 Å². The number of amides is 1. The normalized spacial score (nSPS) is 9.75. The van der Waals surface area contributed by atoms with E-state index in [-0.39, 0.29) is 11.9 Å². The van der Waals surface area contributed by atoms with Gasteiger partial charge in [0.15, 0.2) is 0 Å². The fourth-order valence-corrected chi connectivity index (χ4v) is 1.13. The predicted molar refractivity (Wildman–Crippen MR) is 59.7 cm³/mol. The summed E-state index contributed by atoms with van der Waals surface area (Å²) in [7, 11) is 0. The van der Waals surface area contributed by atoms with Crippen molar-refractivity contribution < 1.29 is 4.79 Å². The molecule has 1 aromatic heterocycles. The lowest BCUT2D eigenvalue weighted by molar-refractivity contribution is 0.102. The van der Waals surface area contributed by atoms with Gasteiger partial charge in [-0.1, -0.05) is 18.2 Å². The van der Waals surface area contributed by atoms with E-state index in [1.54, 1.807) is 24.3 Å². The number of anilines is 2. The zero-order valence-corrected chi connectivity index (χ0v) is 8.34. The first-order valence-corrected chi connectivity index (χ1v) is 4.62. The largest absolute Gasteiger partial charge is 0.396 e. The third-order valence-electron chi connectivity index (χ3n) is 1.88. The van der Waals surface area contributed by atoms with Crippen LogP contribution in [0.25, 0.3) is 0 Å². The summed E-state index contributed by atoms with van der Waals surface area (Å²) in [6.45, 7) is 0. The molecule has 0 spiro atoms. The molecule has 0 saturated carbocycles. The molecule has 1 aromatic carbocycles. The van der Waals surface area contributed by atoms with Gasteiger partial charge in [-0.2, -0.15) is 0 Å². The number of carbonyl (C=O) groups excluding carboxylic acids is 1. The summed E-state index contributed by atoms with van der Waals surface area (Å²) in [5.41, 5.74) is 6.25. The van der Waals surface area contributed by atoms with Crippen LogP contribution in [0, 0.1) is 6.20 Å². The molecule has 5 nitrogen and oxygen atoms in total. The van der Waals surface area contributed by atoms with Gasteiger partial charge in [-0.05, 0) is 12.1 Å². The maximum absolute atomic E-state index is 11.7. The van der Waals surface area contributed by atoms with Gasteiger partial charge in [0.2, 0.25) is 5.95 Å². The fraction of sp³-hybridized carbons (Fsp3) is 0. The van der Waals surface area contributed by atoms with Crippen molar-refractivity contribution >= 4 is 17.5 Å². The van der Waals surface area contributed by atoms with Gasteiger partial charge in [0.25, 0.3) is 5.91 Å². The van der Waals surface area contributed by atoms with Crippen LogP contribution in [0.4, 0.5) is 11.6 Å². The lowest BCUT2D eigenvalue weighted by Gasteiger charge is -2.02. The Morgan fingerprint density at radius 3 is 2.69 bits per heavy atom. The van der Waals surface area contributed by atoms with Gasteiger partial charge >= 0.3 is 0 Å². The number of nitrogens with zero attached hydrogens (tertiary/aromatic N) is 2. The standard InChI is InChI=1S/C11H9N4O/c12-9-6-13-11(14-7-9)15-10(16)8-4-2-1-3-5-8/h1-6H,12H2,(H,13,14,15,16). The molecule has 16 heavy (non-hydrogen) atoms. The molecule has 0 atom stereocenters. The molecule has 0 aliphatic rings. The van der Waals surface area contributed by atoms with E-state index in [4.69, 9.17) is 5.73 Å². The molecular weight excluding hydrogens is 204 g/mol. The minimum Gasteiger partial charge on any atom is -0.396 e. The Bertz CT molecular complexity index is 481. The summed E-state index contributed by atoms with van der Waals surface area (Å²) in [6, 6.07) is 8.81. The lowest BCUT2D eigenvalue weighted by Crippen LogP contribution is -2.14. The lowest BCUT2D eigenvalue weighted by atomic mass is 10.2. The first kappa shape index (κ1) is 10.1. The second-order valence-electron chi connectivity index (χ2n) is 3.08. The van der Waals surface area contributed by atoms with E-state index in [0.29, 0.717) is 11.3 Å². The quantitative estimate of drug-likeness (QED) is 0.783. The van der Waals surface area contributed by atoms with Gasteiger partial charge in [-0.25, -0.2) is 9.97 Å². The van der Waals surface area contributed by atoms with Gasteiger partial charge in [0.05, 0.1) is 11.9 Å². The molecule has 0 unspecified atom stereocenters. The number of carbonyl (C=O) groups is 1. The van der Waals surface area contributed by atoms with E-state index in [1.165, 1.54) is 6.20 Å². The average Bonchev–Trinajstić information content (AvgIpc) is 2.33. The van der Waals surface area contributed by atoms with Crippen LogP contribution >= 0.6 is 0 Å². The second-order valence-corrected chi connectivity index (χ2v) is 3.08. The Hall–Kier alpha value is -2.43. The number of aromatic nitrogens is 2. The maximum atomic E-state index is 11.7. The Balaban J connectivity index is 2.11. The number of nitrogen functional groups attached to an aromatic ring is 1. The van der Waals surface area contributed by atoms with Crippen molar-refractivity contribution in [2.24, 2.45) is 0 Å². The predicted octanol–water partition coefficient (Wildman–Crippen LogP) is 1.11. The van der Waals surface area contributed by atoms with Gasteiger partial charge < -0.3 is 5.73 Å². The molecule has 0 saturated heterocycles. The van der Waals surface area contributed by atoms with Gasteiger partial charge in [-0.15, -0.1) is 0 Å². The number of nitrogens with two attached hydrogens (primary N) is 1. The highest BCUT2D eigenvalue weighted by Gasteiger charge is 2.06. The van der Waals surface area contributed by atoms with E-state index in [9.17, 15) is 4.79 Å². The van der Waals surface area contributed by atoms with Crippen molar-refractivity contribution in [3.05, 3.63) is 48.3 Å². The Morgan fingerprint density at radius 1 is 1.31 bits per heavy atom. The molecular formula is C11H9N4O. The molecule has 0 aliphatic heterocycles. The SMILES string of the molecule is Nc1[c]nc(NC(=O)c2ccccc2)nc1. The van der Waals surface area contributed by atoms with Crippen molar-refractivity contribution in [1.29, 1.82) is 0 Å². The number of nitrogens with one attached hydrogen (secondary N) is 1. The summed E-state index contributed by atoms with van der Waals surface area (Å²) in [5.74, 6) is -0.0816. The van der Waals surface area contributed by atoms with Crippen LogP contribution in [0.15, 0.2) is 36.5 Å². The Labute approximate surface area is 92.3 Å². The van der Waals surface area contributed by atoms with Gasteiger partial charge in [0.1, 0.15) is 6.20 Å². The van der Waals surface area contributed by atoms with Gasteiger partial charge in [-0.3, -0.25) is 10.1 Å². The van der Waals surface area contributed by atoms with Crippen LogP contribution in [-0.4, -0.2) is 15.9 Å². The summed E-state index contributed by atoms with van der Waals surface area (Å²) in [4.78, 5) is 19.3. The zero-order valence-electron chi connectivity index (χ0n) is 8.34. The van der Waals surface area contributed by atoms with E-state index >= 15 is 0 Å². The fourth-order valence-electron chi connectivity index (χ4n) is 1.13. The average molecular weight is 213 g/mol. The highest BCUT2D eigenvalue weighted by molar-refractivity contribution is 6.03. The maximum Gasteiger partial charge on any atom is 0.258 e. The Kier molecular flexibility index (Phi) is 2.77. The first-order valence-electron chi connectivity index (χ1n) is 4.62. The van der Waals surface area contributed by atoms with Gasteiger partial charge in [0, 0.05) is 5.56 Å². The zero-order chi connectivity index (χ0) is 11.4. The highest BCUT2D eigenvalue weighted by Crippen LogP contribution is 2.04. The highest BCUT2D eigenvalue weighted by atomic mass is 16.1. The summed E-state index contributed by atoms with van der Waals surface area (Å²) >= 11 is 0. The summed E-state index contributed by atoms with van der Waals surface area (Å²) in [5, 5.41) is 2.54. The third-order valence-corrected chi connectivity index (χ3v) is 1.88. The van der Waals surface area contributed by atoms with Crippen LogP contribution in [0.2, 0.25) is 0 Å². The first-order chi connectivity index (χ1) is 7.75. The molecule has 3 N–H and O–H groups in total. The second kappa shape index (κ2) is 4.39. The number of hydrogen-bond donors (Lipinski definition) is 2.